The molecule has 2 atom stereocenters. The Hall–Kier alpha value is -0.0900. The van der Waals surface area contributed by atoms with E-state index >= 15 is 0 Å². The van der Waals surface area contributed by atoms with Crippen molar-refractivity contribution in [2.45, 2.75) is 31.7 Å². The molecule has 1 aliphatic carbocycles. The third kappa shape index (κ3) is 3.22. The van der Waals surface area contributed by atoms with Crippen molar-refractivity contribution >= 4 is 57.4 Å². The van der Waals surface area contributed by atoms with Crippen LogP contribution in [0.1, 0.15) is 25.7 Å². The molecule has 0 saturated heterocycles. The predicted octanol–water partition coefficient (Wildman–Crippen LogP) is 5.72. The first-order valence-electron chi connectivity index (χ1n) is 6.75. The molecule has 108 valence electrons. The zero-order valence-corrected chi connectivity index (χ0v) is 13.9. The Morgan fingerprint density at radius 1 is 1.10 bits per heavy atom. The van der Waals surface area contributed by atoms with Gasteiger partial charge in [0.15, 0.2) is 5.17 Å². The van der Waals surface area contributed by atoms with Gasteiger partial charge in [0.2, 0.25) is 0 Å². The number of rotatable bonds is 1. The van der Waals surface area contributed by atoms with E-state index in [0.29, 0.717) is 26.8 Å². The summed E-state index contributed by atoms with van der Waals surface area (Å²) in [5.41, 5.74) is 0.693. The minimum atomic E-state index is 0.456. The molecule has 1 aromatic rings. The number of hydrogen-bond acceptors (Lipinski definition) is 3. The summed E-state index contributed by atoms with van der Waals surface area (Å²) in [6.45, 7) is 0. The molecule has 1 N–H and O–H groups in total. The number of nitrogens with zero attached hydrogens (tertiary/aromatic N) is 1. The highest BCUT2D eigenvalue weighted by Gasteiger charge is 2.29. The number of amidine groups is 1. The SMILES string of the molecule is Clc1cc(Cl)c(NC2=NC3CCCCC3CS2)c(Cl)c1. The lowest BCUT2D eigenvalue weighted by atomic mass is 9.86. The third-order valence-electron chi connectivity index (χ3n) is 3.82. The van der Waals surface area contributed by atoms with Crippen molar-refractivity contribution in [3.8, 4) is 0 Å². The van der Waals surface area contributed by atoms with E-state index in [9.17, 15) is 0 Å². The number of nitrogens with one attached hydrogen (secondary N) is 1. The summed E-state index contributed by atoms with van der Waals surface area (Å²) in [5.74, 6) is 1.86. The molecule has 0 aromatic heterocycles. The van der Waals surface area contributed by atoms with Crippen LogP contribution in [0.3, 0.4) is 0 Å². The molecular weight excluding hydrogens is 335 g/mol. The van der Waals surface area contributed by atoms with Crippen LogP contribution in [-0.2, 0) is 0 Å². The molecular formula is C14H15Cl3N2S. The van der Waals surface area contributed by atoms with Crippen molar-refractivity contribution in [1.29, 1.82) is 0 Å². The molecule has 1 aromatic carbocycles. The number of aliphatic imine (C=N–C) groups is 1. The maximum Gasteiger partial charge on any atom is 0.161 e. The van der Waals surface area contributed by atoms with Crippen LogP contribution < -0.4 is 5.32 Å². The smallest absolute Gasteiger partial charge is 0.161 e. The molecule has 6 heteroatoms. The van der Waals surface area contributed by atoms with E-state index < -0.39 is 0 Å². The van der Waals surface area contributed by atoms with Gasteiger partial charge in [0.05, 0.1) is 21.8 Å². The molecule has 1 heterocycles. The maximum atomic E-state index is 6.20. The van der Waals surface area contributed by atoms with Crippen molar-refractivity contribution in [3.63, 3.8) is 0 Å². The molecule has 1 aliphatic heterocycles. The van der Waals surface area contributed by atoms with E-state index in [2.05, 4.69) is 5.32 Å². The molecule has 2 aliphatic rings. The van der Waals surface area contributed by atoms with E-state index in [1.165, 1.54) is 25.7 Å². The summed E-state index contributed by atoms with van der Waals surface area (Å²) in [6, 6.07) is 3.83. The second kappa shape index (κ2) is 6.35. The van der Waals surface area contributed by atoms with Crippen molar-refractivity contribution in [1.82, 2.24) is 0 Å². The lowest BCUT2D eigenvalue weighted by Gasteiger charge is -2.32. The fraction of sp³-hybridized carbons (Fsp3) is 0.500. The molecule has 0 radical (unpaired) electrons. The summed E-state index contributed by atoms with van der Waals surface area (Å²) in [7, 11) is 0. The molecule has 0 spiro atoms. The zero-order chi connectivity index (χ0) is 14.1. The number of thioether (sulfide) groups is 1. The highest BCUT2D eigenvalue weighted by molar-refractivity contribution is 8.14. The Labute approximate surface area is 138 Å². The van der Waals surface area contributed by atoms with Gasteiger partial charge in [-0.1, -0.05) is 59.4 Å². The highest BCUT2D eigenvalue weighted by Crippen LogP contribution is 2.37. The second-order valence-corrected chi connectivity index (χ2v) is 7.49. The monoisotopic (exact) mass is 348 g/mol. The molecule has 3 rings (SSSR count). The fourth-order valence-corrected chi connectivity index (χ4v) is 4.82. The first kappa shape index (κ1) is 14.8. The third-order valence-corrected chi connectivity index (χ3v) is 5.72. The quantitative estimate of drug-likeness (QED) is 0.701. The van der Waals surface area contributed by atoms with Crippen LogP contribution in [0, 0.1) is 5.92 Å². The number of anilines is 1. The van der Waals surface area contributed by atoms with E-state index in [1.807, 2.05) is 0 Å². The van der Waals surface area contributed by atoms with E-state index in [-0.39, 0.29) is 0 Å². The summed E-state index contributed by atoms with van der Waals surface area (Å²) < 4.78 is 0. The van der Waals surface area contributed by atoms with Crippen molar-refractivity contribution in [2.24, 2.45) is 10.9 Å². The standard InChI is InChI=1S/C14H15Cl3N2S/c15-9-5-10(16)13(11(17)6-9)19-14-18-12-4-2-1-3-8(12)7-20-14/h5-6,8,12H,1-4,7H2,(H,18,19). The largest absolute Gasteiger partial charge is 0.333 e. The van der Waals surface area contributed by atoms with Gasteiger partial charge >= 0.3 is 0 Å². The van der Waals surface area contributed by atoms with Crippen LogP contribution in [0.4, 0.5) is 5.69 Å². The van der Waals surface area contributed by atoms with Gasteiger partial charge in [0.1, 0.15) is 0 Å². The minimum Gasteiger partial charge on any atom is -0.333 e. The van der Waals surface area contributed by atoms with Crippen LogP contribution in [0.2, 0.25) is 15.1 Å². The Morgan fingerprint density at radius 3 is 2.55 bits per heavy atom. The van der Waals surface area contributed by atoms with Gasteiger partial charge in [-0.3, -0.25) is 4.99 Å². The highest BCUT2D eigenvalue weighted by atomic mass is 35.5. The average Bonchev–Trinajstić information content (AvgIpc) is 2.42. The average molecular weight is 350 g/mol. The number of fused-ring (bicyclic) bond motifs is 1. The summed E-state index contributed by atoms with van der Waals surface area (Å²) in [4.78, 5) is 4.82. The van der Waals surface area contributed by atoms with Gasteiger partial charge in [-0.25, -0.2) is 0 Å². The second-order valence-electron chi connectivity index (χ2n) is 5.23. The summed E-state index contributed by atoms with van der Waals surface area (Å²) >= 11 is 20.1. The zero-order valence-electron chi connectivity index (χ0n) is 10.8. The molecule has 0 bridgehead atoms. The van der Waals surface area contributed by atoms with Crippen LogP contribution in [0.25, 0.3) is 0 Å². The van der Waals surface area contributed by atoms with Crippen LogP contribution in [0.15, 0.2) is 17.1 Å². The number of halogens is 3. The fourth-order valence-electron chi connectivity index (χ4n) is 2.76. The topological polar surface area (TPSA) is 24.4 Å². The van der Waals surface area contributed by atoms with Gasteiger partial charge < -0.3 is 5.32 Å². The molecule has 1 saturated carbocycles. The normalized spacial score (nSPS) is 25.9. The number of hydrogen-bond donors (Lipinski definition) is 1. The summed E-state index contributed by atoms with van der Waals surface area (Å²) in [6.07, 6.45) is 5.12. The first-order valence-corrected chi connectivity index (χ1v) is 8.87. The van der Waals surface area contributed by atoms with Gasteiger partial charge in [0.25, 0.3) is 0 Å². The molecule has 1 fully saturated rings. The van der Waals surface area contributed by atoms with Crippen molar-refractivity contribution < 1.29 is 0 Å². The lowest BCUT2D eigenvalue weighted by Crippen LogP contribution is -2.31. The molecule has 20 heavy (non-hydrogen) atoms. The minimum absolute atomic E-state index is 0.456. The van der Waals surface area contributed by atoms with E-state index in [4.69, 9.17) is 39.8 Å². The van der Waals surface area contributed by atoms with Gasteiger partial charge in [-0.2, -0.15) is 0 Å². The van der Waals surface area contributed by atoms with E-state index in [1.54, 1.807) is 23.9 Å². The number of benzene rings is 1. The van der Waals surface area contributed by atoms with Gasteiger partial charge in [-0.05, 0) is 30.9 Å². The Kier molecular flexibility index (Phi) is 4.71. The summed E-state index contributed by atoms with van der Waals surface area (Å²) in [5, 5.41) is 5.77. The van der Waals surface area contributed by atoms with Gasteiger partial charge in [-0.15, -0.1) is 0 Å². The van der Waals surface area contributed by atoms with Gasteiger partial charge in [0, 0.05) is 10.8 Å². The van der Waals surface area contributed by atoms with E-state index in [0.717, 1.165) is 16.8 Å². The van der Waals surface area contributed by atoms with Crippen molar-refractivity contribution in [2.75, 3.05) is 11.1 Å². The lowest BCUT2D eigenvalue weighted by molar-refractivity contribution is 0.336. The predicted molar refractivity (Wildman–Crippen MR) is 90.7 cm³/mol. The Balaban J connectivity index is 1.80. The Morgan fingerprint density at radius 2 is 1.80 bits per heavy atom. The molecule has 0 amide bonds. The van der Waals surface area contributed by atoms with Crippen LogP contribution in [-0.4, -0.2) is 17.0 Å². The van der Waals surface area contributed by atoms with Crippen molar-refractivity contribution in [3.05, 3.63) is 27.2 Å². The first-order chi connectivity index (χ1) is 9.63. The van der Waals surface area contributed by atoms with Crippen LogP contribution in [0.5, 0.6) is 0 Å². The Bertz CT molecular complexity index is 524. The molecule has 2 unspecified atom stereocenters. The molecule has 2 nitrogen and oxygen atoms in total. The van der Waals surface area contributed by atoms with Crippen LogP contribution >= 0.6 is 46.6 Å². The maximum absolute atomic E-state index is 6.20.